The van der Waals surface area contributed by atoms with Crippen LogP contribution in [0.4, 0.5) is 5.69 Å². The lowest BCUT2D eigenvalue weighted by atomic mass is 10.2. The fourth-order valence-electron chi connectivity index (χ4n) is 2.24. The fourth-order valence-corrected chi connectivity index (χ4v) is 2.24. The lowest BCUT2D eigenvalue weighted by Gasteiger charge is -2.10. The molecule has 0 aliphatic carbocycles. The van der Waals surface area contributed by atoms with E-state index in [-0.39, 0.29) is 6.61 Å². The summed E-state index contributed by atoms with van der Waals surface area (Å²) in [7, 11) is 0. The molecule has 0 aliphatic heterocycles. The average molecular weight is 309 g/mol. The molecule has 1 heterocycles. The number of aliphatic hydroxyl groups is 2. The number of nitrogens with zero attached hydrogens (tertiary/aromatic N) is 1. The SMILES string of the molecule is OCC(O)CNc1ccc(C=Cc2nc3ccccc3[nH]2)cc1. The molecule has 3 rings (SSSR count). The lowest BCUT2D eigenvalue weighted by molar-refractivity contribution is 0.105. The van der Waals surface area contributed by atoms with Gasteiger partial charge in [-0.15, -0.1) is 0 Å². The van der Waals surface area contributed by atoms with Crippen LogP contribution in [0.5, 0.6) is 0 Å². The predicted octanol–water partition coefficient (Wildman–Crippen LogP) is 2.50. The van der Waals surface area contributed by atoms with Crippen LogP contribution >= 0.6 is 0 Å². The molecular weight excluding hydrogens is 290 g/mol. The number of hydrogen-bond acceptors (Lipinski definition) is 4. The normalized spacial score (nSPS) is 12.8. The molecule has 118 valence electrons. The highest BCUT2D eigenvalue weighted by Gasteiger charge is 2.01. The van der Waals surface area contributed by atoms with E-state index in [9.17, 15) is 5.11 Å². The van der Waals surface area contributed by atoms with Crippen LogP contribution in [0.3, 0.4) is 0 Å². The zero-order valence-corrected chi connectivity index (χ0v) is 12.6. The Kier molecular flexibility index (Phi) is 4.71. The van der Waals surface area contributed by atoms with Crippen molar-refractivity contribution >= 4 is 28.9 Å². The molecule has 0 spiro atoms. The van der Waals surface area contributed by atoms with E-state index in [0.717, 1.165) is 28.1 Å². The van der Waals surface area contributed by atoms with Gasteiger partial charge in [-0.3, -0.25) is 0 Å². The fraction of sp³-hybridized carbons (Fsp3) is 0.167. The second-order valence-electron chi connectivity index (χ2n) is 5.31. The number of H-pyrrole nitrogens is 1. The Morgan fingerprint density at radius 1 is 1.09 bits per heavy atom. The van der Waals surface area contributed by atoms with Gasteiger partial charge < -0.3 is 20.5 Å². The number of nitrogens with one attached hydrogen (secondary N) is 2. The molecule has 0 radical (unpaired) electrons. The zero-order valence-electron chi connectivity index (χ0n) is 12.6. The van der Waals surface area contributed by atoms with E-state index in [2.05, 4.69) is 15.3 Å². The molecule has 1 atom stereocenters. The Balaban J connectivity index is 1.65. The van der Waals surface area contributed by atoms with Crippen LogP contribution in [0.2, 0.25) is 0 Å². The minimum Gasteiger partial charge on any atom is -0.394 e. The van der Waals surface area contributed by atoms with E-state index in [1.54, 1.807) is 0 Å². The third-order valence-electron chi connectivity index (χ3n) is 3.50. The molecule has 0 bridgehead atoms. The maximum atomic E-state index is 9.31. The summed E-state index contributed by atoms with van der Waals surface area (Å²) < 4.78 is 0. The monoisotopic (exact) mass is 309 g/mol. The summed E-state index contributed by atoms with van der Waals surface area (Å²) in [4.78, 5) is 7.75. The Labute approximate surface area is 134 Å². The van der Waals surface area contributed by atoms with Crippen LogP contribution in [0.25, 0.3) is 23.2 Å². The number of anilines is 1. The highest BCUT2D eigenvalue weighted by molar-refractivity contribution is 5.78. The van der Waals surface area contributed by atoms with Crippen LogP contribution in [0.15, 0.2) is 48.5 Å². The van der Waals surface area contributed by atoms with Gasteiger partial charge in [0, 0.05) is 12.2 Å². The van der Waals surface area contributed by atoms with Crippen LogP contribution in [-0.4, -0.2) is 39.4 Å². The summed E-state index contributed by atoms with van der Waals surface area (Å²) in [6, 6.07) is 15.7. The maximum absolute atomic E-state index is 9.31. The summed E-state index contributed by atoms with van der Waals surface area (Å²) in [5.41, 5.74) is 3.93. The van der Waals surface area contributed by atoms with Gasteiger partial charge >= 0.3 is 0 Å². The van der Waals surface area contributed by atoms with Crippen molar-refractivity contribution in [1.82, 2.24) is 9.97 Å². The number of rotatable bonds is 6. The molecule has 1 aromatic heterocycles. The first-order valence-electron chi connectivity index (χ1n) is 7.50. The van der Waals surface area contributed by atoms with E-state index in [0.29, 0.717) is 6.54 Å². The lowest BCUT2D eigenvalue weighted by Crippen LogP contribution is -2.22. The Morgan fingerprint density at radius 3 is 2.61 bits per heavy atom. The number of imidazole rings is 1. The minimum absolute atomic E-state index is 0.245. The van der Waals surface area contributed by atoms with Crippen molar-refractivity contribution in [2.75, 3.05) is 18.5 Å². The largest absolute Gasteiger partial charge is 0.394 e. The molecule has 1 unspecified atom stereocenters. The van der Waals surface area contributed by atoms with Gasteiger partial charge in [0.15, 0.2) is 0 Å². The minimum atomic E-state index is -0.748. The molecule has 5 heteroatoms. The number of aromatic nitrogens is 2. The third-order valence-corrected chi connectivity index (χ3v) is 3.50. The van der Waals surface area contributed by atoms with Gasteiger partial charge in [0.1, 0.15) is 5.82 Å². The van der Waals surface area contributed by atoms with Gasteiger partial charge in [0.25, 0.3) is 0 Å². The Morgan fingerprint density at radius 2 is 1.87 bits per heavy atom. The summed E-state index contributed by atoms with van der Waals surface area (Å²) >= 11 is 0. The molecule has 4 N–H and O–H groups in total. The smallest absolute Gasteiger partial charge is 0.131 e. The first-order chi connectivity index (χ1) is 11.2. The van der Waals surface area contributed by atoms with Crippen LogP contribution < -0.4 is 5.32 Å². The first kappa shape index (κ1) is 15.3. The van der Waals surface area contributed by atoms with Crippen LogP contribution in [0, 0.1) is 0 Å². The number of fused-ring (bicyclic) bond motifs is 1. The second kappa shape index (κ2) is 7.09. The molecule has 0 fully saturated rings. The first-order valence-corrected chi connectivity index (χ1v) is 7.50. The summed E-state index contributed by atoms with van der Waals surface area (Å²) in [6.45, 7) is 0.0794. The van der Waals surface area contributed by atoms with E-state index >= 15 is 0 Å². The van der Waals surface area contributed by atoms with Crippen molar-refractivity contribution in [2.45, 2.75) is 6.10 Å². The molecule has 3 aromatic rings. The quantitative estimate of drug-likeness (QED) is 0.564. The number of aromatic amines is 1. The number of benzene rings is 2. The summed E-state index contributed by atoms with van der Waals surface area (Å²) in [5, 5.41) is 21.2. The van der Waals surface area contributed by atoms with Crippen molar-refractivity contribution in [1.29, 1.82) is 0 Å². The van der Waals surface area contributed by atoms with Crippen molar-refractivity contribution < 1.29 is 10.2 Å². The van der Waals surface area contributed by atoms with Crippen molar-refractivity contribution in [3.63, 3.8) is 0 Å². The topological polar surface area (TPSA) is 81.2 Å². The van der Waals surface area contributed by atoms with Gasteiger partial charge in [0.2, 0.25) is 0 Å². The number of para-hydroxylation sites is 2. The number of aliphatic hydroxyl groups excluding tert-OH is 2. The van der Waals surface area contributed by atoms with E-state index in [1.165, 1.54) is 0 Å². The molecule has 2 aromatic carbocycles. The molecule has 0 amide bonds. The molecule has 5 nitrogen and oxygen atoms in total. The number of hydrogen-bond donors (Lipinski definition) is 4. The van der Waals surface area contributed by atoms with Crippen LogP contribution in [0.1, 0.15) is 11.4 Å². The highest BCUT2D eigenvalue weighted by Crippen LogP contribution is 2.14. The summed E-state index contributed by atoms with van der Waals surface area (Å²) in [5.74, 6) is 0.819. The van der Waals surface area contributed by atoms with Gasteiger partial charge in [-0.05, 0) is 35.9 Å². The third kappa shape index (κ3) is 3.97. The predicted molar refractivity (Wildman–Crippen MR) is 93.0 cm³/mol. The standard InChI is InChI=1S/C18H19N3O2/c22-12-15(23)11-19-14-8-5-13(6-9-14)7-10-18-20-16-3-1-2-4-17(16)21-18/h1-10,15,19,22-23H,11-12H2,(H,20,21). The highest BCUT2D eigenvalue weighted by atomic mass is 16.3. The zero-order chi connectivity index (χ0) is 16.1. The second-order valence-corrected chi connectivity index (χ2v) is 5.31. The molecule has 0 aliphatic rings. The van der Waals surface area contributed by atoms with Gasteiger partial charge in [-0.1, -0.05) is 30.3 Å². The van der Waals surface area contributed by atoms with Gasteiger partial charge in [-0.2, -0.15) is 0 Å². The van der Waals surface area contributed by atoms with E-state index in [4.69, 9.17) is 5.11 Å². The van der Waals surface area contributed by atoms with Gasteiger partial charge in [0.05, 0.1) is 23.7 Å². The molecule has 0 saturated heterocycles. The average Bonchev–Trinajstić information content (AvgIpc) is 3.01. The van der Waals surface area contributed by atoms with Crippen molar-refractivity contribution in [3.8, 4) is 0 Å². The van der Waals surface area contributed by atoms with E-state index < -0.39 is 6.10 Å². The Hall–Kier alpha value is -2.63. The van der Waals surface area contributed by atoms with Crippen LogP contribution in [-0.2, 0) is 0 Å². The molecular formula is C18H19N3O2. The molecule has 23 heavy (non-hydrogen) atoms. The molecule has 0 saturated carbocycles. The summed E-state index contributed by atoms with van der Waals surface area (Å²) in [6.07, 6.45) is 3.19. The van der Waals surface area contributed by atoms with E-state index in [1.807, 2.05) is 60.7 Å². The van der Waals surface area contributed by atoms with Gasteiger partial charge in [-0.25, -0.2) is 4.98 Å². The van der Waals surface area contributed by atoms with Crippen molar-refractivity contribution in [3.05, 3.63) is 59.9 Å². The Bertz CT molecular complexity index is 760. The maximum Gasteiger partial charge on any atom is 0.131 e. The van der Waals surface area contributed by atoms with Crippen molar-refractivity contribution in [2.24, 2.45) is 0 Å².